The van der Waals surface area contributed by atoms with Crippen molar-refractivity contribution >= 4 is 22.6 Å². The van der Waals surface area contributed by atoms with Crippen LogP contribution >= 0.6 is 0 Å². The Morgan fingerprint density at radius 2 is 1.71 bits per heavy atom. The van der Waals surface area contributed by atoms with Gasteiger partial charge < -0.3 is 15.2 Å². The van der Waals surface area contributed by atoms with Crippen LogP contribution in [0.5, 0.6) is 5.75 Å². The predicted octanol–water partition coefficient (Wildman–Crippen LogP) is 5.28. The average molecular weight is 460 g/mol. The van der Waals surface area contributed by atoms with Gasteiger partial charge in [0.05, 0.1) is 5.56 Å². The fourth-order valence-corrected chi connectivity index (χ4v) is 7.15. The number of benzene rings is 2. The molecule has 5 heteroatoms. The maximum absolute atomic E-state index is 13.6. The Hall–Kier alpha value is -3.00. The van der Waals surface area contributed by atoms with Crippen molar-refractivity contribution in [2.24, 2.45) is 29.1 Å². The third kappa shape index (κ3) is 4.27. The minimum absolute atomic E-state index is 0.170. The van der Waals surface area contributed by atoms with Crippen molar-refractivity contribution in [1.29, 1.82) is 0 Å². The van der Waals surface area contributed by atoms with E-state index in [2.05, 4.69) is 17.2 Å². The van der Waals surface area contributed by atoms with Crippen LogP contribution in [-0.2, 0) is 4.79 Å². The lowest BCUT2D eigenvalue weighted by Crippen LogP contribution is -2.59. The number of nitrogens with one attached hydrogen (secondary N) is 1. The molecule has 0 aliphatic heterocycles. The smallest absolute Gasteiger partial charge is 0.326 e. The van der Waals surface area contributed by atoms with E-state index in [1.165, 1.54) is 19.3 Å². The standard InChI is InChI=1S/C29H33NO4/c1-18(2)6-5-11-34-25-23-8-4-3-7-22(23)9-10-24(25)27(31)30-26(28(32)33)29-15-19-12-20(16-29)14-21(13-19)17-29/h3-4,7-10,18-21,26H,11-17H2,1-2H3,(H,30,31)(H,32,33). The Balaban J connectivity index is 1.45. The molecule has 2 N–H and O–H groups in total. The molecule has 0 saturated heterocycles. The molecule has 2 aromatic carbocycles. The summed E-state index contributed by atoms with van der Waals surface area (Å²) in [6.07, 6.45) is 6.38. The summed E-state index contributed by atoms with van der Waals surface area (Å²) in [5, 5.41) is 15.0. The molecule has 0 spiro atoms. The summed E-state index contributed by atoms with van der Waals surface area (Å²) in [6, 6.07) is 10.5. The van der Waals surface area contributed by atoms with Crippen LogP contribution in [0, 0.1) is 40.9 Å². The number of hydrogen-bond donors (Lipinski definition) is 2. The Morgan fingerprint density at radius 3 is 2.32 bits per heavy atom. The van der Waals surface area contributed by atoms with E-state index in [-0.39, 0.29) is 23.8 Å². The van der Waals surface area contributed by atoms with E-state index in [9.17, 15) is 14.7 Å². The molecule has 178 valence electrons. The summed E-state index contributed by atoms with van der Waals surface area (Å²) >= 11 is 0. The zero-order valence-electron chi connectivity index (χ0n) is 20.0. The van der Waals surface area contributed by atoms with Crippen molar-refractivity contribution in [3.05, 3.63) is 42.0 Å². The molecule has 2 aromatic rings. The predicted molar refractivity (Wildman–Crippen MR) is 132 cm³/mol. The fraction of sp³-hybridized carbons (Fsp3) is 0.517. The van der Waals surface area contributed by atoms with Crippen molar-refractivity contribution < 1.29 is 19.4 Å². The van der Waals surface area contributed by atoms with Crippen molar-refractivity contribution in [2.75, 3.05) is 6.61 Å². The highest BCUT2D eigenvalue weighted by molar-refractivity contribution is 6.05. The van der Waals surface area contributed by atoms with Gasteiger partial charge in [-0.2, -0.15) is 0 Å². The van der Waals surface area contributed by atoms with Crippen LogP contribution in [0.1, 0.15) is 62.7 Å². The average Bonchev–Trinajstić information content (AvgIpc) is 2.78. The number of carboxylic acids is 1. The molecule has 4 bridgehead atoms. The minimum atomic E-state index is -0.929. The number of fused-ring (bicyclic) bond motifs is 1. The van der Waals surface area contributed by atoms with Gasteiger partial charge in [-0.15, -0.1) is 0 Å². The van der Waals surface area contributed by atoms with E-state index >= 15 is 0 Å². The number of aliphatic carboxylic acids is 1. The molecule has 0 heterocycles. The van der Waals surface area contributed by atoms with E-state index in [1.54, 1.807) is 6.07 Å². The summed E-state index contributed by atoms with van der Waals surface area (Å²) in [4.78, 5) is 26.1. The molecule has 1 amide bonds. The van der Waals surface area contributed by atoms with Gasteiger partial charge in [0.15, 0.2) is 0 Å². The second-order valence-corrected chi connectivity index (χ2v) is 11.0. The first-order chi connectivity index (χ1) is 16.3. The van der Waals surface area contributed by atoms with Gasteiger partial charge in [0.25, 0.3) is 5.91 Å². The quantitative estimate of drug-likeness (QED) is 0.577. The van der Waals surface area contributed by atoms with Gasteiger partial charge in [0.2, 0.25) is 0 Å². The number of carboxylic acid groups (broad SMARTS) is 1. The third-order valence-electron chi connectivity index (χ3n) is 8.02. The SMILES string of the molecule is CC(C)C#CCOc1c(C(=O)NC(C(=O)O)C23CC4CC(CC(C4)C2)C3)ccc2ccccc12. The molecular weight excluding hydrogens is 426 g/mol. The van der Waals surface area contributed by atoms with Gasteiger partial charge in [0.1, 0.15) is 18.4 Å². The van der Waals surface area contributed by atoms with E-state index in [0.717, 1.165) is 30.0 Å². The fourth-order valence-electron chi connectivity index (χ4n) is 7.15. The molecule has 5 nitrogen and oxygen atoms in total. The largest absolute Gasteiger partial charge is 0.480 e. The van der Waals surface area contributed by atoms with Crippen molar-refractivity contribution in [2.45, 2.75) is 58.4 Å². The molecule has 4 saturated carbocycles. The molecule has 34 heavy (non-hydrogen) atoms. The normalized spacial score (nSPS) is 27.8. The number of carbonyl (C=O) groups excluding carboxylic acids is 1. The summed E-state index contributed by atoms with van der Waals surface area (Å²) < 4.78 is 6.03. The van der Waals surface area contributed by atoms with Gasteiger partial charge >= 0.3 is 5.97 Å². The maximum atomic E-state index is 13.6. The molecule has 0 radical (unpaired) electrons. The van der Waals surface area contributed by atoms with Gasteiger partial charge in [0, 0.05) is 16.7 Å². The van der Waals surface area contributed by atoms with Gasteiger partial charge in [-0.1, -0.05) is 56.0 Å². The highest BCUT2D eigenvalue weighted by Crippen LogP contribution is 2.61. The highest BCUT2D eigenvalue weighted by Gasteiger charge is 2.56. The van der Waals surface area contributed by atoms with Gasteiger partial charge in [-0.05, 0) is 67.7 Å². The van der Waals surface area contributed by atoms with Crippen LogP contribution < -0.4 is 10.1 Å². The van der Waals surface area contributed by atoms with Crippen molar-refractivity contribution in [3.8, 4) is 17.6 Å². The van der Waals surface area contributed by atoms with Crippen LogP contribution in [0.25, 0.3) is 10.8 Å². The van der Waals surface area contributed by atoms with Crippen LogP contribution in [0.2, 0.25) is 0 Å². The molecule has 4 aliphatic carbocycles. The maximum Gasteiger partial charge on any atom is 0.326 e. The third-order valence-corrected chi connectivity index (χ3v) is 8.02. The van der Waals surface area contributed by atoms with Crippen LogP contribution in [-0.4, -0.2) is 29.6 Å². The van der Waals surface area contributed by atoms with Crippen LogP contribution in [0.4, 0.5) is 0 Å². The number of rotatable bonds is 6. The van der Waals surface area contributed by atoms with E-state index in [0.29, 0.717) is 29.1 Å². The molecule has 0 aromatic heterocycles. The molecule has 4 aliphatic rings. The molecule has 1 atom stereocenters. The van der Waals surface area contributed by atoms with E-state index in [4.69, 9.17) is 4.74 Å². The Labute approximate surface area is 201 Å². The lowest BCUT2D eigenvalue weighted by molar-refractivity contribution is -0.150. The van der Waals surface area contributed by atoms with Crippen molar-refractivity contribution in [3.63, 3.8) is 0 Å². The van der Waals surface area contributed by atoms with E-state index in [1.807, 2.05) is 44.2 Å². The molecule has 4 fully saturated rings. The first-order valence-electron chi connectivity index (χ1n) is 12.5. The summed E-state index contributed by atoms with van der Waals surface area (Å²) in [5.41, 5.74) is 0.0256. The van der Waals surface area contributed by atoms with Gasteiger partial charge in [-0.25, -0.2) is 4.79 Å². The zero-order valence-corrected chi connectivity index (χ0v) is 20.0. The van der Waals surface area contributed by atoms with Gasteiger partial charge in [-0.3, -0.25) is 4.79 Å². The monoisotopic (exact) mass is 459 g/mol. The number of hydrogen-bond acceptors (Lipinski definition) is 3. The second kappa shape index (κ2) is 8.98. The number of carbonyl (C=O) groups is 2. The second-order valence-electron chi connectivity index (χ2n) is 11.0. The topological polar surface area (TPSA) is 75.6 Å². The number of amides is 1. The lowest BCUT2D eigenvalue weighted by Gasteiger charge is -2.58. The molecular formula is C29H33NO4. The Morgan fingerprint density at radius 1 is 1.06 bits per heavy atom. The molecule has 6 rings (SSSR count). The molecule has 1 unspecified atom stereocenters. The summed E-state index contributed by atoms with van der Waals surface area (Å²) in [5.74, 6) is 7.27. The first-order valence-corrected chi connectivity index (χ1v) is 12.5. The van der Waals surface area contributed by atoms with Crippen molar-refractivity contribution in [1.82, 2.24) is 5.32 Å². The summed E-state index contributed by atoms with van der Waals surface area (Å²) in [6.45, 7) is 4.20. The summed E-state index contributed by atoms with van der Waals surface area (Å²) in [7, 11) is 0. The first kappa shape index (κ1) is 22.8. The Bertz CT molecular complexity index is 1140. The Kier molecular flexibility index (Phi) is 6.02. The highest BCUT2D eigenvalue weighted by atomic mass is 16.5. The number of ether oxygens (including phenoxy) is 1. The van der Waals surface area contributed by atoms with Crippen LogP contribution in [0.15, 0.2) is 36.4 Å². The zero-order chi connectivity index (χ0) is 23.9. The van der Waals surface area contributed by atoms with E-state index < -0.39 is 12.0 Å². The lowest BCUT2D eigenvalue weighted by atomic mass is 9.47. The minimum Gasteiger partial charge on any atom is -0.480 e. The van der Waals surface area contributed by atoms with Crippen LogP contribution in [0.3, 0.4) is 0 Å².